The molecule has 2 aliphatic heterocycles. The van der Waals surface area contributed by atoms with Crippen LogP contribution in [0.25, 0.3) is 0 Å². The van der Waals surface area contributed by atoms with Crippen LogP contribution in [0, 0.1) is 35.0 Å². The van der Waals surface area contributed by atoms with E-state index in [1.807, 2.05) is 19.1 Å². The summed E-state index contributed by atoms with van der Waals surface area (Å²) in [6.45, 7) is 11.4. The Bertz CT molecular complexity index is 1070. The Balaban J connectivity index is 1.25. The number of imide groups is 1. The van der Waals surface area contributed by atoms with Gasteiger partial charge in [-0.1, -0.05) is 36.4 Å². The van der Waals surface area contributed by atoms with Crippen LogP contribution >= 0.6 is 0 Å². The second-order valence-corrected chi connectivity index (χ2v) is 11.1. The van der Waals surface area contributed by atoms with Crippen LogP contribution in [0.1, 0.15) is 53.3 Å². The first kappa shape index (κ1) is 24.7. The second-order valence-electron chi connectivity index (χ2n) is 11.1. The molecule has 0 spiro atoms. The first-order valence-corrected chi connectivity index (χ1v) is 13.0. The van der Waals surface area contributed by atoms with Gasteiger partial charge >= 0.3 is 5.97 Å². The third-order valence-electron chi connectivity index (χ3n) is 8.66. The molecule has 5 rings (SSSR count). The lowest BCUT2D eigenvalue weighted by Gasteiger charge is -2.27. The number of esters is 1. The molecule has 0 aromatic heterocycles. The monoisotopic (exact) mass is 489 g/mol. The van der Waals surface area contributed by atoms with Crippen molar-refractivity contribution in [3.63, 3.8) is 0 Å². The van der Waals surface area contributed by atoms with Crippen molar-refractivity contribution in [1.82, 2.24) is 4.90 Å². The van der Waals surface area contributed by atoms with Crippen molar-refractivity contribution < 1.29 is 23.9 Å². The number of benzene rings is 1. The molecule has 1 saturated heterocycles. The molecular formula is C30H35NO5. The van der Waals surface area contributed by atoms with Gasteiger partial charge in [0, 0.05) is 6.54 Å². The Labute approximate surface area is 213 Å². The molecule has 6 nitrogen and oxygen atoms in total. The Morgan fingerprint density at radius 1 is 1.08 bits per heavy atom. The van der Waals surface area contributed by atoms with Gasteiger partial charge in [-0.15, -0.1) is 13.2 Å². The van der Waals surface area contributed by atoms with E-state index >= 15 is 0 Å². The molecule has 2 saturated carbocycles. The highest BCUT2D eigenvalue weighted by atomic mass is 16.6. The van der Waals surface area contributed by atoms with Crippen LogP contribution < -0.4 is 0 Å². The third-order valence-corrected chi connectivity index (χ3v) is 8.66. The van der Waals surface area contributed by atoms with Gasteiger partial charge in [-0.25, -0.2) is 0 Å². The fraction of sp³-hybridized carbons (Fsp3) is 0.500. The number of carbonyl (C=O) groups is 3. The molecule has 1 aromatic rings. The Hall–Kier alpha value is -2.99. The number of allylic oxidation sites excluding steroid dienone is 4. The topological polar surface area (TPSA) is 76.2 Å². The molecule has 7 atom stereocenters. The zero-order chi connectivity index (χ0) is 25.4. The van der Waals surface area contributed by atoms with Gasteiger partial charge in [-0.2, -0.15) is 0 Å². The molecule has 0 N–H and O–H groups in total. The molecule has 190 valence electrons. The third kappa shape index (κ3) is 4.59. The predicted molar refractivity (Wildman–Crippen MR) is 136 cm³/mol. The quantitative estimate of drug-likeness (QED) is 0.215. The summed E-state index contributed by atoms with van der Waals surface area (Å²) in [4.78, 5) is 40.2. The fourth-order valence-corrected chi connectivity index (χ4v) is 6.36. The first-order valence-electron chi connectivity index (χ1n) is 13.0. The van der Waals surface area contributed by atoms with Crippen molar-refractivity contribution in [2.75, 3.05) is 19.8 Å². The zero-order valence-corrected chi connectivity index (χ0v) is 20.9. The number of ether oxygens (including phenoxy) is 2. The van der Waals surface area contributed by atoms with Gasteiger partial charge in [0.1, 0.15) is 12.7 Å². The van der Waals surface area contributed by atoms with Crippen LogP contribution in [0.4, 0.5) is 0 Å². The van der Waals surface area contributed by atoms with E-state index in [0.29, 0.717) is 36.8 Å². The van der Waals surface area contributed by atoms with Gasteiger partial charge in [0.2, 0.25) is 0 Å². The van der Waals surface area contributed by atoms with Crippen LogP contribution in [0.2, 0.25) is 0 Å². The molecule has 0 radical (unpaired) electrons. The van der Waals surface area contributed by atoms with Gasteiger partial charge in [0.25, 0.3) is 11.8 Å². The minimum Gasteiger partial charge on any atom is -0.462 e. The number of amides is 2. The van der Waals surface area contributed by atoms with Crippen molar-refractivity contribution in [3.8, 4) is 0 Å². The summed E-state index contributed by atoms with van der Waals surface area (Å²) in [5.41, 5.74) is 0.398. The fourth-order valence-electron chi connectivity index (χ4n) is 6.36. The standard InChI is InChI=1S/C30H35NO5/c1-4-19-14-23(30(3,15-19)29(34)36-18-24-17-35-24)11-10-20-12-21(5-2)22(13-20)16-31-27(32)25-8-6-7-9-26(25)28(31)33/h4-11,19-24H,1-2,12-18H2,3H3/b11-10-. The highest BCUT2D eigenvalue weighted by molar-refractivity contribution is 6.21. The Kier molecular flexibility index (Phi) is 6.73. The van der Waals surface area contributed by atoms with Gasteiger partial charge in [0.15, 0.2) is 0 Å². The van der Waals surface area contributed by atoms with Gasteiger partial charge in [-0.3, -0.25) is 19.3 Å². The zero-order valence-electron chi connectivity index (χ0n) is 20.9. The normalized spacial score (nSPS) is 35.3. The largest absolute Gasteiger partial charge is 0.462 e. The maximum absolute atomic E-state index is 13.0. The van der Waals surface area contributed by atoms with Crippen LogP contribution in [-0.4, -0.2) is 48.5 Å². The lowest BCUT2D eigenvalue weighted by Crippen LogP contribution is -2.35. The first-order chi connectivity index (χ1) is 17.3. The van der Waals surface area contributed by atoms with Crippen molar-refractivity contribution in [3.05, 3.63) is 72.9 Å². The lowest BCUT2D eigenvalue weighted by atomic mass is 9.79. The number of epoxide rings is 1. The van der Waals surface area contributed by atoms with Crippen LogP contribution in [0.15, 0.2) is 61.7 Å². The smallest absolute Gasteiger partial charge is 0.312 e. The number of nitrogens with zero attached hydrogens (tertiary/aromatic N) is 1. The van der Waals surface area contributed by atoms with Crippen LogP contribution in [0.5, 0.6) is 0 Å². The van der Waals surface area contributed by atoms with E-state index in [1.54, 1.807) is 24.3 Å². The molecule has 3 fully saturated rings. The minimum absolute atomic E-state index is 0.0524. The Morgan fingerprint density at radius 3 is 2.39 bits per heavy atom. The van der Waals surface area contributed by atoms with Crippen molar-refractivity contribution >= 4 is 17.8 Å². The second kappa shape index (κ2) is 9.81. The molecule has 2 heterocycles. The van der Waals surface area contributed by atoms with E-state index < -0.39 is 5.41 Å². The summed E-state index contributed by atoms with van der Waals surface area (Å²) in [7, 11) is 0. The average molecular weight is 490 g/mol. The molecule has 1 aromatic carbocycles. The van der Waals surface area contributed by atoms with E-state index in [9.17, 15) is 14.4 Å². The SMILES string of the molecule is C=CC1CC(/C=C\C2CC(C=C)C(CN3C(=O)c4ccccc4C3=O)C2)C(C)(C(=O)OCC2CO2)C1. The maximum atomic E-state index is 13.0. The number of hydrogen-bond donors (Lipinski definition) is 0. The molecular weight excluding hydrogens is 454 g/mol. The van der Waals surface area contributed by atoms with E-state index in [2.05, 4.69) is 25.3 Å². The molecule has 2 aliphatic carbocycles. The van der Waals surface area contributed by atoms with E-state index in [0.717, 1.165) is 25.7 Å². The number of hydrogen-bond acceptors (Lipinski definition) is 5. The van der Waals surface area contributed by atoms with Crippen molar-refractivity contribution in [1.29, 1.82) is 0 Å². The number of carbonyl (C=O) groups excluding carboxylic acids is 3. The van der Waals surface area contributed by atoms with E-state index in [1.165, 1.54) is 4.90 Å². The highest BCUT2D eigenvalue weighted by Gasteiger charge is 2.49. The Morgan fingerprint density at radius 2 is 1.78 bits per heavy atom. The average Bonchev–Trinajstić information content (AvgIpc) is 3.48. The highest BCUT2D eigenvalue weighted by Crippen LogP contribution is 2.49. The summed E-state index contributed by atoms with van der Waals surface area (Å²) in [6.07, 6.45) is 11.8. The molecule has 7 unspecified atom stereocenters. The summed E-state index contributed by atoms with van der Waals surface area (Å²) in [5, 5.41) is 0. The summed E-state index contributed by atoms with van der Waals surface area (Å²) in [6, 6.07) is 7.02. The predicted octanol–water partition coefficient (Wildman–Crippen LogP) is 4.83. The van der Waals surface area contributed by atoms with E-state index in [4.69, 9.17) is 9.47 Å². The number of fused-ring (bicyclic) bond motifs is 1. The van der Waals surface area contributed by atoms with Gasteiger partial charge in [0.05, 0.1) is 23.1 Å². The van der Waals surface area contributed by atoms with Gasteiger partial charge < -0.3 is 9.47 Å². The van der Waals surface area contributed by atoms with Crippen molar-refractivity contribution in [2.45, 2.75) is 38.7 Å². The van der Waals surface area contributed by atoms with Crippen LogP contribution in [-0.2, 0) is 14.3 Å². The molecule has 2 amide bonds. The summed E-state index contributed by atoms with van der Waals surface area (Å²) >= 11 is 0. The summed E-state index contributed by atoms with van der Waals surface area (Å²) in [5.74, 6) is 0.481. The molecule has 36 heavy (non-hydrogen) atoms. The lowest BCUT2D eigenvalue weighted by molar-refractivity contribution is -0.156. The molecule has 0 bridgehead atoms. The van der Waals surface area contributed by atoms with Crippen LogP contribution in [0.3, 0.4) is 0 Å². The maximum Gasteiger partial charge on any atom is 0.312 e. The molecule has 6 heteroatoms. The number of rotatable bonds is 9. The molecule has 4 aliphatic rings. The van der Waals surface area contributed by atoms with Gasteiger partial charge in [-0.05, 0) is 74.3 Å². The van der Waals surface area contributed by atoms with Crippen molar-refractivity contribution in [2.24, 2.45) is 35.0 Å². The minimum atomic E-state index is -0.583. The summed E-state index contributed by atoms with van der Waals surface area (Å²) < 4.78 is 10.8. The van der Waals surface area contributed by atoms with E-state index in [-0.39, 0.29) is 47.6 Å².